The number of nitrogens with one attached hydrogen (secondary N) is 2. The van der Waals surface area contributed by atoms with E-state index >= 15 is 0 Å². The highest BCUT2D eigenvalue weighted by atomic mass is 19.3. The van der Waals surface area contributed by atoms with Crippen LogP contribution in [0.25, 0.3) is 0 Å². The Hall–Kier alpha value is -1.89. The fourth-order valence-corrected chi connectivity index (χ4v) is 1.87. The maximum atomic E-state index is 12.2. The van der Waals surface area contributed by atoms with Crippen LogP contribution < -0.4 is 15.4 Å². The summed E-state index contributed by atoms with van der Waals surface area (Å²) in [7, 11) is 0. The van der Waals surface area contributed by atoms with E-state index in [0.29, 0.717) is 29.8 Å². The van der Waals surface area contributed by atoms with Crippen LogP contribution in [-0.4, -0.2) is 36.8 Å². The minimum atomic E-state index is -2.55. The van der Waals surface area contributed by atoms with Crippen LogP contribution in [0.15, 0.2) is 18.2 Å². The number of alkyl halides is 2. The number of aliphatic hydroxyl groups excluding tert-OH is 1. The number of aryl methyl sites for hydroxylation is 1. The highest BCUT2D eigenvalue weighted by Gasteiger charge is 2.11. The van der Waals surface area contributed by atoms with Gasteiger partial charge in [-0.15, -0.1) is 0 Å². The molecular weight excluding hydrogens is 294 g/mol. The number of amides is 2. The molecule has 124 valence electrons. The van der Waals surface area contributed by atoms with Gasteiger partial charge in [-0.05, 0) is 31.4 Å². The number of anilines is 1. The van der Waals surface area contributed by atoms with Crippen molar-refractivity contribution < 1.29 is 23.4 Å². The second kappa shape index (κ2) is 9.19. The van der Waals surface area contributed by atoms with Crippen LogP contribution in [0.4, 0.5) is 19.3 Å². The fraction of sp³-hybridized carbons (Fsp3) is 0.533. The summed E-state index contributed by atoms with van der Waals surface area (Å²) in [6.45, 7) is 2.95. The number of urea groups is 1. The van der Waals surface area contributed by atoms with Gasteiger partial charge in [0.05, 0.1) is 0 Å². The van der Waals surface area contributed by atoms with E-state index in [2.05, 4.69) is 10.6 Å². The van der Waals surface area contributed by atoms with E-state index in [9.17, 15) is 13.6 Å². The summed E-state index contributed by atoms with van der Waals surface area (Å²) in [5.41, 5.74) is 1.16. The van der Waals surface area contributed by atoms with Crippen LogP contribution in [0.3, 0.4) is 0 Å². The van der Waals surface area contributed by atoms with E-state index < -0.39 is 19.1 Å². The lowest BCUT2D eigenvalue weighted by molar-refractivity contribution is 0.0816. The average molecular weight is 316 g/mol. The number of benzene rings is 1. The van der Waals surface area contributed by atoms with Crippen LogP contribution in [0.2, 0.25) is 0 Å². The van der Waals surface area contributed by atoms with Crippen LogP contribution in [0.1, 0.15) is 25.3 Å². The molecule has 2 amide bonds. The van der Waals surface area contributed by atoms with Crippen LogP contribution in [0, 0.1) is 6.92 Å². The molecule has 0 spiro atoms. The number of hydrogen-bond acceptors (Lipinski definition) is 3. The Kier molecular flexibility index (Phi) is 7.59. The lowest BCUT2D eigenvalue weighted by atomic mass is 10.1. The van der Waals surface area contributed by atoms with Gasteiger partial charge in [-0.3, -0.25) is 0 Å². The number of carbonyl (C=O) groups excluding carboxylic acids is 1. The quantitative estimate of drug-likeness (QED) is 0.690. The van der Waals surface area contributed by atoms with Crippen molar-refractivity contribution in [1.29, 1.82) is 0 Å². The zero-order chi connectivity index (χ0) is 16.5. The van der Waals surface area contributed by atoms with Crippen LogP contribution in [-0.2, 0) is 0 Å². The Morgan fingerprint density at radius 2 is 2.14 bits per heavy atom. The molecular formula is C15H22F2N2O3. The molecule has 3 N–H and O–H groups in total. The first-order valence-electron chi connectivity index (χ1n) is 7.16. The summed E-state index contributed by atoms with van der Waals surface area (Å²) in [4.78, 5) is 11.9. The third-order valence-electron chi connectivity index (χ3n) is 3.12. The van der Waals surface area contributed by atoms with Crippen LogP contribution in [0.5, 0.6) is 5.75 Å². The molecule has 1 atom stereocenters. The third kappa shape index (κ3) is 6.26. The van der Waals surface area contributed by atoms with Gasteiger partial charge in [0.2, 0.25) is 0 Å². The SMILES string of the molecule is CCC(CCO)NC(=O)Nc1ccc(C)c(OCC(F)F)c1. The molecule has 22 heavy (non-hydrogen) atoms. The van der Waals surface area contributed by atoms with E-state index in [1.54, 1.807) is 19.1 Å². The minimum absolute atomic E-state index is 0.00503. The van der Waals surface area contributed by atoms with Gasteiger partial charge in [-0.1, -0.05) is 13.0 Å². The van der Waals surface area contributed by atoms with Gasteiger partial charge in [0.15, 0.2) is 0 Å². The molecule has 7 heteroatoms. The van der Waals surface area contributed by atoms with Crippen molar-refractivity contribution in [3.63, 3.8) is 0 Å². The predicted molar refractivity (Wildman–Crippen MR) is 80.6 cm³/mol. The van der Waals surface area contributed by atoms with E-state index in [0.717, 1.165) is 0 Å². The molecule has 0 heterocycles. The third-order valence-corrected chi connectivity index (χ3v) is 3.12. The summed E-state index contributed by atoms with van der Waals surface area (Å²) < 4.78 is 29.4. The molecule has 0 fully saturated rings. The molecule has 1 aromatic rings. The Balaban J connectivity index is 2.64. The largest absolute Gasteiger partial charge is 0.487 e. The molecule has 0 saturated heterocycles. The topological polar surface area (TPSA) is 70.6 Å². The Labute approximate surface area is 128 Å². The maximum absolute atomic E-state index is 12.2. The summed E-state index contributed by atoms with van der Waals surface area (Å²) in [6, 6.07) is 4.32. The average Bonchev–Trinajstić information content (AvgIpc) is 2.47. The Morgan fingerprint density at radius 1 is 1.41 bits per heavy atom. The standard InChI is InChI=1S/C15H22F2N2O3/c1-3-11(6-7-20)18-15(21)19-12-5-4-10(2)13(8-12)22-9-14(16)17/h4-5,8,11,14,20H,3,6-7,9H2,1-2H3,(H2,18,19,21). The zero-order valence-electron chi connectivity index (χ0n) is 12.7. The predicted octanol–water partition coefficient (Wildman–Crippen LogP) is 2.92. The molecule has 1 unspecified atom stereocenters. The molecule has 0 aliphatic heterocycles. The number of halogens is 2. The number of ether oxygens (including phenoxy) is 1. The molecule has 0 radical (unpaired) electrons. The van der Waals surface area contributed by atoms with Crippen molar-refractivity contribution in [3.8, 4) is 5.75 Å². The molecule has 0 aliphatic carbocycles. The first kappa shape index (κ1) is 18.2. The van der Waals surface area contributed by atoms with Gasteiger partial charge in [0.25, 0.3) is 6.43 Å². The molecule has 0 bridgehead atoms. The Morgan fingerprint density at radius 3 is 2.73 bits per heavy atom. The summed E-state index contributed by atoms with van der Waals surface area (Å²) in [5.74, 6) is 0.306. The monoisotopic (exact) mass is 316 g/mol. The van der Waals surface area contributed by atoms with E-state index in [1.165, 1.54) is 6.07 Å². The lowest BCUT2D eigenvalue weighted by Gasteiger charge is -2.17. The van der Waals surface area contributed by atoms with Gasteiger partial charge in [-0.25, -0.2) is 13.6 Å². The summed E-state index contributed by atoms with van der Waals surface area (Å²) in [6.07, 6.45) is -1.38. The highest BCUT2D eigenvalue weighted by Crippen LogP contribution is 2.23. The van der Waals surface area contributed by atoms with Crippen molar-refractivity contribution in [2.75, 3.05) is 18.5 Å². The second-order valence-electron chi connectivity index (χ2n) is 4.90. The number of carbonyl (C=O) groups is 1. The van der Waals surface area contributed by atoms with Crippen molar-refractivity contribution in [3.05, 3.63) is 23.8 Å². The van der Waals surface area contributed by atoms with Crippen molar-refractivity contribution in [1.82, 2.24) is 5.32 Å². The molecule has 1 aromatic carbocycles. The first-order chi connectivity index (χ1) is 10.5. The summed E-state index contributed by atoms with van der Waals surface area (Å²) >= 11 is 0. The normalized spacial score (nSPS) is 12.1. The second-order valence-corrected chi connectivity index (χ2v) is 4.90. The molecule has 5 nitrogen and oxygen atoms in total. The van der Waals surface area contributed by atoms with Crippen molar-refractivity contribution in [2.24, 2.45) is 0 Å². The minimum Gasteiger partial charge on any atom is -0.487 e. The van der Waals surface area contributed by atoms with E-state index in [-0.39, 0.29) is 12.6 Å². The maximum Gasteiger partial charge on any atom is 0.319 e. The smallest absolute Gasteiger partial charge is 0.319 e. The fourth-order valence-electron chi connectivity index (χ4n) is 1.87. The Bertz CT molecular complexity index is 484. The van der Waals surface area contributed by atoms with Gasteiger partial charge in [0, 0.05) is 24.4 Å². The van der Waals surface area contributed by atoms with E-state index in [1.807, 2.05) is 6.92 Å². The first-order valence-corrected chi connectivity index (χ1v) is 7.16. The van der Waals surface area contributed by atoms with Gasteiger partial charge in [-0.2, -0.15) is 0 Å². The molecule has 0 aliphatic rings. The highest BCUT2D eigenvalue weighted by molar-refractivity contribution is 5.89. The van der Waals surface area contributed by atoms with Crippen molar-refractivity contribution in [2.45, 2.75) is 39.2 Å². The molecule has 1 rings (SSSR count). The molecule has 0 saturated carbocycles. The number of hydrogen-bond donors (Lipinski definition) is 3. The number of rotatable bonds is 8. The number of aliphatic hydroxyl groups is 1. The van der Waals surface area contributed by atoms with Crippen molar-refractivity contribution >= 4 is 11.7 Å². The lowest BCUT2D eigenvalue weighted by Crippen LogP contribution is -2.38. The zero-order valence-corrected chi connectivity index (χ0v) is 12.7. The van der Waals surface area contributed by atoms with Crippen LogP contribution >= 0.6 is 0 Å². The van der Waals surface area contributed by atoms with Gasteiger partial charge >= 0.3 is 6.03 Å². The summed E-state index contributed by atoms with van der Waals surface area (Å²) in [5, 5.41) is 14.2. The van der Waals surface area contributed by atoms with Gasteiger partial charge in [0.1, 0.15) is 12.4 Å². The van der Waals surface area contributed by atoms with E-state index in [4.69, 9.17) is 9.84 Å². The molecule has 0 aromatic heterocycles. The van der Waals surface area contributed by atoms with Gasteiger partial charge < -0.3 is 20.5 Å².